The van der Waals surface area contributed by atoms with Crippen LogP contribution >= 0.6 is 0 Å². The molecule has 2 N–H and O–H groups in total. The fraction of sp³-hybridized carbons (Fsp3) is 0.269. The predicted molar refractivity (Wildman–Crippen MR) is 125 cm³/mol. The maximum Gasteiger partial charge on any atom is 0.233 e. The molecular formula is C26H24FNO4S. The van der Waals surface area contributed by atoms with Crippen molar-refractivity contribution in [2.24, 2.45) is 0 Å². The maximum atomic E-state index is 14.1. The molecule has 5 nitrogen and oxygen atoms in total. The molecule has 0 saturated carbocycles. The van der Waals surface area contributed by atoms with Crippen LogP contribution in [0.4, 0.5) is 4.39 Å². The molecule has 1 saturated heterocycles. The SMILES string of the molecule is CCOc1ccc(F)cc1-c1cccc2c1CCC2c1ccc(C2CC(=O)NS2=O)c(O)c1. The third-order valence-electron chi connectivity index (χ3n) is 6.45. The zero-order valence-electron chi connectivity index (χ0n) is 18.1. The summed E-state index contributed by atoms with van der Waals surface area (Å²) in [7, 11) is -1.53. The van der Waals surface area contributed by atoms with E-state index in [1.807, 2.05) is 25.1 Å². The highest BCUT2D eigenvalue weighted by Gasteiger charge is 2.33. The minimum atomic E-state index is -1.53. The lowest BCUT2D eigenvalue weighted by molar-refractivity contribution is -0.118. The highest BCUT2D eigenvalue weighted by Crippen LogP contribution is 2.45. The largest absolute Gasteiger partial charge is 0.508 e. The Morgan fingerprint density at radius 1 is 1.12 bits per heavy atom. The van der Waals surface area contributed by atoms with Gasteiger partial charge in [-0.25, -0.2) is 8.60 Å². The van der Waals surface area contributed by atoms with E-state index in [-0.39, 0.29) is 29.8 Å². The van der Waals surface area contributed by atoms with Gasteiger partial charge < -0.3 is 9.84 Å². The summed E-state index contributed by atoms with van der Waals surface area (Å²) in [6.07, 6.45) is 1.79. The number of nitrogens with one attached hydrogen (secondary N) is 1. The Balaban J connectivity index is 1.51. The van der Waals surface area contributed by atoms with E-state index in [9.17, 15) is 18.5 Å². The van der Waals surface area contributed by atoms with Crippen molar-refractivity contribution in [2.75, 3.05) is 6.61 Å². The van der Waals surface area contributed by atoms with Crippen LogP contribution in [0, 0.1) is 5.82 Å². The van der Waals surface area contributed by atoms with E-state index in [0.717, 1.165) is 40.7 Å². The average Bonchev–Trinajstić information content (AvgIpc) is 3.37. The average molecular weight is 466 g/mol. The molecule has 5 rings (SSSR count). The van der Waals surface area contributed by atoms with E-state index in [4.69, 9.17) is 4.74 Å². The molecule has 1 heterocycles. The van der Waals surface area contributed by atoms with Crippen LogP contribution in [0.15, 0.2) is 54.6 Å². The Morgan fingerprint density at radius 2 is 1.97 bits per heavy atom. The summed E-state index contributed by atoms with van der Waals surface area (Å²) < 4.78 is 34.4. The van der Waals surface area contributed by atoms with E-state index >= 15 is 0 Å². The number of hydrogen-bond donors (Lipinski definition) is 2. The van der Waals surface area contributed by atoms with Crippen molar-refractivity contribution in [3.8, 4) is 22.6 Å². The highest BCUT2D eigenvalue weighted by molar-refractivity contribution is 7.84. The number of carbonyl (C=O) groups excluding carboxylic acids is 1. The number of phenolic OH excluding ortho intramolecular Hbond substituents is 1. The second-order valence-electron chi connectivity index (χ2n) is 8.37. The minimum absolute atomic E-state index is 0.0516. The Hall–Kier alpha value is -3.19. The van der Waals surface area contributed by atoms with Crippen molar-refractivity contribution < 1.29 is 23.2 Å². The second-order valence-corrected chi connectivity index (χ2v) is 9.74. The van der Waals surface area contributed by atoms with Crippen LogP contribution < -0.4 is 9.46 Å². The van der Waals surface area contributed by atoms with Crippen LogP contribution in [-0.2, 0) is 22.2 Å². The van der Waals surface area contributed by atoms with Crippen LogP contribution in [0.2, 0.25) is 0 Å². The lowest BCUT2D eigenvalue weighted by atomic mass is 9.89. The molecule has 1 amide bonds. The molecule has 3 atom stereocenters. The highest BCUT2D eigenvalue weighted by atomic mass is 32.2. The lowest BCUT2D eigenvalue weighted by Gasteiger charge is -2.17. The maximum absolute atomic E-state index is 14.1. The minimum Gasteiger partial charge on any atom is -0.508 e. The van der Waals surface area contributed by atoms with E-state index < -0.39 is 16.2 Å². The molecule has 3 aromatic carbocycles. The van der Waals surface area contributed by atoms with Gasteiger partial charge in [0.1, 0.15) is 28.3 Å². The van der Waals surface area contributed by atoms with Gasteiger partial charge in [0, 0.05) is 23.5 Å². The Bertz CT molecular complexity index is 1280. The monoisotopic (exact) mass is 465 g/mol. The number of halogens is 1. The van der Waals surface area contributed by atoms with Crippen molar-refractivity contribution >= 4 is 16.9 Å². The first-order valence-electron chi connectivity index (χ1n) is 11.0. The molecule has 33 heavy (non-hydrogen) atoms. The first kappa shape index (κ1) is 21.6. The molecule has 0 radical (unpaired) electrons. The molecule has 3 unspecified atom stereocenters. The summed E-state index contributed by atoms with van der Waals surface area (Å²) in [6.45, 7) is 2.40. The van der Waals surface area contributed by atoms with Crippen LogP contribution in [0.3, 0.4) is 0 Å². The van der Waals surface area contributed by atoms with Gasteiger partial charge in [-0.1, -0.05) is 30.3 Å². The smallest absolute Gasteiger partial charge is 0.233 e. The molecule has 0 bridgehead atoms. The third kappa shape index (κ3) is 3.91. The Labute approximate surface area is 194 Å². The third-order valence-corrected chi connectivity index (χ3v) is 7.82. The molecule has 0 spiro atoms. The van der Waals surface area contributed by atoms with Crippen molar-refractivity contribution in [1.82, 2.24) is 4.72 Å². The van der Waals surface area contributed by atoms with Crippen LogP contribution in [0.25, 0.3) is 11.1 Å². The number of hydrogen-bond acceptors (Lipinski definition) is 4. The van der Waals surface area contributed by atoms with E-state index in [2.05, 4.69) is 10.8 Å². The molecule has 1 aliphatic carbocycles. The molecule has 0 aromatic heterocycles. The number of carbonyl (C=O) groups is 1. The van der Waals surface area contributed by atoms with E-state index in [0.29, 0.717) is 17.9 Å². The molecule has 1 aliphatic heterocycles. The van der Waals surface area contributed by atoms with Gasteiger partial charge in [0.2, 0.25) is 5.91 Å². The number of amides is 1. The molecule has 1 fully saturated rings. The molecular weight excluding hydrogens is 441 g/mol. The topological polar surface area (TPSA) is 75.6 Å². The summed E-state index contributed by atoms with van der Waals surface area (Å²) in [5.74, 6) is 0.209. The molecule has 7 heteroatoms. The van der Waals surface area contributed by atoms with Gasteiger partial charge in [0.05, 0.1) is 11.9 Å². The van der Waals surface area contributed by atoms with Crippen LogP contribution in [-0.4, -0.2) is 21.8 Å². The van der Waals surface area contributed by atoms with Gasteiger partial charge in [0.25, 0.3) is 0 Å². The number of benzene rings is 3. The molecule has 3 aromatic rings. The standard InChI is InChI=1S/C26H24FNO4S/c1-2-32-24-11-7-16(27)13-22(24)19-5-3-4-18-17(9-10-20(18)19)15-6-8-21(23(29)12-15)25-14-26(30)28-33(25)31/h3-8,11-13,17,25,29H,2,9-10,14H2,1H3,(H,28,30). The second kappa shape index (κ2) is 8.63. The lowest BCUT2D eigenvalue weighted by Crippen LogP contribution is -2.15. The van der Waals surface area contributed by atoms with Crippen LogP contribution in [0.5, 0.6) is 11.5 Å². The number of ether oxygens (including phenoxy) is 1. The number of fused-ring (bicyclic) bond motifs is 1. The summed E-state index contributed by atoms with van der Waals surface area (Å²) >= 11 is 0. The zero-order chi connectivity index (χ0) is 23.1. The number of phenols is 1. The normalized spacial score (nSPS) is 21.6. The van der Waals surface area contributed by atoms with E-state index in [1.165, 1.54) is 12.1 Å². The number of rotatable bonds is 5. The fourth-order valence-corrected chi connectivity index (χ4v) is 6.17. The zero-order valence-corrected chi connectivity index (χ0v) is 19.0. The van der Waals surface area contributed by atoms with Crippen molar-refractivity contribution in [2.45, 2.75) is 37.4 Å². The summed E-state index contributed by atoms with van der Waals surface area (Å²) in [6, 6.07) is 16.1. The summed E-state index contributed by atoms with van der Waals surface area (Å²) in [5.41, 5.74) is 5.48. The predicted octanol–water partition coefficient (Wildman–Crippen LogP) is 4.90. The van der Waals surface area contributed by atoms with Crippen molar-refractivity contribution in [3.05, 3.63) is 82.7 Å². The van der Waals surface area contributed by atoms with Gasteiger partial charge in [-0.05, 0) is 66.3 Å². The fourth-order valence-electron chi connectivity index (χ4n) is 4.99. The van der Waals surface area contributed by atoms with Gasteiger partial charge in [0.15, 0.2) is 0 Å². The summed E-state index contributed by atoms with van der Waals surface area (Å²) in [5, 5.41) is 10.1. The molecule has 170 valence electrons. The van der Waals surface area contributed by atoms with Crippen LogP contribution in [0.1, 0.15) is 53.2 Å². The summed E-state index contributed by atoms with van der Waals surface area (Å²) in [4.78, 5) is 11.6. The Morgan fingerprint density at radius 3 is 2.70 bits per heavy atom. The van der Waals surface area contributed by atoms with Crippen molar-refractivity contribution in [3.63, 3.8) is 0 Å². The first-order valence-corrected chi connectivity index (χ1v) is 12.2. The number of aromatic hydroxyl groups is 1. The first-order chi connectivity index (χ1) is 16.0. The van der Waals surface area contributed by atoms with Gasteiger partial charge in [-0.15, -0.1) is 0 Å². The van der Waals surface area contributed by atoms with E-state index in [1.54, 1.807) is 18.2 Å². The Kier molecular flexibility index (Phi) is 5.66. The van der Waals surface area contributed by atoms with Gasteiger partial charge in [-0.3, -0.25) is 9.52 Å². The van der Waals surface area contributed by atoms with Gasteiger partial charge in [-0.2, -0.15) is 0 Å². The van der Waals surface area contributed by atoms with Gasteiger partial charge >= 0.3 is 0 Å². The molecule has 2 aliphatic rings. The quantitative estimate of drug-likeness (QED) is 0.562. The van der Waals surface area contributed by atoms with Crippen molar-refractivity contribution in [1.29, 1.82) is 0 Å².